The Balaban J connectivity index is 1.37. The van der Waals surface area contributed by atoms with Crippen molar-refractivity contribution < 1.29 is 24.2 Å². The van der Waals surface area contributed by atoms with E-state index in [4.69, 9.17) is 9.47 Å². The van der Waals surface area contributed by atoms with E-state index >= 15 is 0 Å². The monoisotopic (exact) mass is 585 g/mol. The highest BCUT2D eigenvalue weighted by Crippen LogP contribution is 2.35. The molecule has 2 N–H and O–H groups in total. The molecule has 0 radical (unpaired) electrons. The topological polar surface area (TPSA) is 91.3 Å². The predicted molar refractivity (Wildman–Crippen MR) is 168 cm³/mol. The summed E-state index contributed by atoms with van der Waals surface area (Å²) < 4.78 is 12.1. The second-order valence-electron chi connectivity index (χ2n) is 11.9. The molecule has 3 aromatic carbocycles. The average molecular weight is 586 g/mol. The number of aliphatic hydroxyl groups excluding tert-OH is 1. The first-order valence-electron chi connectivity index (χ1n) is 15.3. The van der Waals surface area contributed by atoms with Crippen molar-refractivity contribution in [3.8, 4) is 16.9 Å². The van der Waals surface area contributed by atoms with Gasteiger partial charge in [-0.15, -0.1) is 0 Å². The largest absolute Gasteiger partial charge is 0.486 e. The maximum atomic E-state index is 13.8. The first-order chi connectivity index (χ1) is 20.8. The van der Waals surface area contributed by atoms with Crippen LogP contribution in [0, 0.1) is 11.8 Å². The number of para-hydroxylation sites is 1. The molecule has 2 aliphatic rings. The van der Waals surface area contributed by atoms with E-state index in [0.717, 1.165) is 6.54 Å². The number of likely N-dealkylation sites (N-methyl/N-ethyl adjacent to an activating group) is 1. The van der Waals surface area contributed by atoms with Crippen molar-refractivity contribution >= 4 is 17.5 Å². The van der Waals surface area contributed by atoms with Crippen LogP contribution in [-0.2, 0) is 16.1 Å². The van der Waals surface area contributed by atoms with E-state index < -0.39 is 0 Å². The van der Waals surface area contributed by atoms with Crippen LogP contribution in [0.1, 0.15) is 42.6 Å². The Morgan fingerprint density at radius 2 is 1.72 bits per heavy atom. The van der Waals surface area contributed by atoms with Gasteiger partial charge < -0.3 is 24.8 Å². The Bertz CT molecular complexity index is 1370. The van der Waals surface area contributed by atoms with Crippen LogP contribution in [0.4, 0.5) is 5.69 Å². The molecule has 1 saturated heterocycles. The summed E-state index contributed by atoms with van der Waals surface area (Å²) in [7, 11) is 2.07. The SMILES string of the molecule is C[C@@H]1CN([C@@H](C)CO)C(=O)c2cccc(NC(=O)C3CCOCC3)c2O[C@H]1CN(C)Cc1ccc(-c2ccccc2)cc1. The lowest BCUT2D eigenvalue weighted by molar-refractivity contribution is -0.122. The number of hydrogen-bond donors (Lipinski definition) is 2. The second kappa shape index (κ2) is 14.2. The van der Waals surface area contributed by atoms with Gasteiger partial charge in [0.1, 0.15) is 6.10 Å². The Hall–Kier alpha value is -3.72. The van der Waals surface area contributed by atoms with E-state index in [9.17, 15) is 14.7 Å². The van der Waals surface area contributed by atoms with Crippen molar-refractivity contribution in [3.05, 3.63) is 83.9 Å². The van der Waals surface area contributed by atoms with Gasteiger partial charge in [-0.05, 0) is 55.6 Å². The highest BCUT2D eigenvalue weighted by Gasteiger charge is 2.35. The average Bonchev–Trinajstić information content (AvgIpc) is 3.03. The maximum absolute atomic E-state index is 13.8. The lowest BCUT2D eigenvalue weighted by Gasteiger charge is -2.38. The summed E-state index contributed by atoms with van der Waals surface area (Å²) >= 11 is 0. The fourth-order valence-corrected chi connectivity index (χ4v) is 5.87. The molecular weight excluding hydrogens is 542 g/mol. The zero-order valence-electron chi connectivity index (χ0n) is 25.4. The van der Waals surface area contributed by atoms with E-state index in [1.54, 1.807) is 23.1 Å². The molecule has 3 atom stereocenters. The summed E-state index contributed by atoms with van der Waals surface area (Å²) in [6, 6.07) is 23.9. The van der Waals surface area contributed by atoms with E-state index in [2.05, 4.69) is 60.6 Å². The zero-order valence-corrected chi connectivity index (χ0v) is 25.4. The number of ether oxygens (including phenoxy) is 2. The van der Waals surface area contributed by atoms with Gasteiger partial charge in [0.2, 0.25) is 5.91 Å². The normalized spacial score (nSPS) is 20.1. The summed E-state index contributed by atoms with van der Waals surface area (Å²) in [6.07, 6.45) is 1.06. The molecule has 0 spiro atoms. The molecule has 2 heterocycles. The summed E-state index contributed by atoms with van der Waals surface area (Å²) in [5.74, 6) is -0.0886. The third-order valence-corrected chi connectivity index (χ3v) is 8.55. The Morgan fingerprint density at radius 1 is 1.02 bits per heavy atom. The van der Waals surface area contributed by atoms with Crippen molar-refractivity contribution in [2.24, 2.45) is 11.8 Å². The van der Waals surface area contributed by atoms with Crippen LogP contribution in [-0.4, -0.2) is 78.8 Å². The van der Waals surface area contributed by atoms with Gasteiger partial charge >= 0.3 is 0 Å². The molecule has 43 heavy (non-hydrogen) atoms. The van der Waals surface area contributed by atoms with E-state index in [1.807, 2.05) is 25.1 Å². The molecular formula is C35H43N3O5. The van der Waals surface area contributed by atoms with Crippen molar-refractivity contribution in [2.75, 3.05) is 45.3 Å². The van der Waals surface area contributed by atoms with Gasteiger partial charge in [-0.25, -0.2) is 0 Å². The number of benzene rings is 3. The first kappa shape index (κ1) is 30.7. The van der Waals surface area contributed by atoms with Crippen LogP contribution in [0.25, 0.3) is 11.1 Å². The van der Waals surface area contributed by atoms with Crippen LogP contribution in [0.3, 0.4) is 0 Å². The summed E-state index contributed by atoms with van der Waals surface area (Å²) in [4.78, 5) is 30.9. The number of amides is 2. The Morgan fingerprint density at radius 3 is 2.42 bits per heavy atom. The fraction of sp³-hybridized carbons (Fsp3) is 0.429. The molecule has 8 heteroatoms. The molecule has 0 aliphatic carbocycles. The van der Waals surface area contributed by atoms with Gasteiger partial charge in [0.25, 0.3) is 5.91 Å². The van der Waals surface area contributed by atoms with Gasteiger partial charge in [0.15, 0.2) is 5.75 Å². The quantitative estimate of drug-likeness (QED) is 0.365. The van der Waals surface area contributed by atoms with E-state index in [0.29, 0.717) is 56.1 Å². The number of nitrogens with zero attached hydrogens (tertiary/aromatic N) is 2. The summed E-state index contributed by atoms with van der Waals surface area (Å²) in [6.45, 7) is 6.70. The summed E-state index contributed by atoms with van der Waals surface area (Å²) in [5.41, 5.74) is 4.45. The van der Waals surface area contributed by atoms with Crippen LogP contribution >= 0.6 is 0 Å². The Labute approximate surface area is 254 Å². The molecule has 0 saturated carbocycles. The number of anilines is 1. The van der Waals surface area contributed by atoms with Gasteiger partial charge in [-0.3, -0.25) is 14.5 Å². The minimum Gasteiger partial charge on any atom is -0.486 e. The minimum atomic E-state index is -0.358. The Kier molecular flexibility index (Phi) is 10.1. The smallest absolute Gasteiger partial charge is 0.258 e. The molecule has 228 valence electrons. The molecule has 8 nitrogen and oxygen atoms in total. The molecule has 5 rings (SSSR count). The first-order valence-corrected chi connectivity index (χ1v) is 15.3. The van der Waals surface area contributed by atoms with E-state index in [1.165, 1.54) is 16.7 Å². The molecule has 0 bridgehead atoms. The number of carbonyl (C=O) groups is 2. The summed E-state index contributed by atoms with van der Waals surface area (Å²) in [5, 5.41) is 13.0. The van der Waals surface area contributed by atoms with Gasteiger partial charge in [0.05, 0.1) is 23.9 Å². The van der Waals surface area contributed by atoms with Gasteiger partial charge in [0, 0.05) is 44.7 Å². The molecule has 2 aliphatic heterocycles. The highest BCUT2D eigenvalue weighted by molar-refractivity contribution is 6.02. The van der Waals surface area contributed by atoms with Crippen LogP contribution in [0.15, 0.2) is 72.8 Å². The third kappa shape index (κ3) is 7.44. The van der Waals surface area contributed by atoms with Gasteiger partial charge in [-0.1, -0.05) is 67.6 Å². The highest BCUT2D eigenvalue weighted by atomic mass is 16.5. The van der Waals surface area contributed by atoms with Crippen molar-refractivity contribution in [3.63, 3.8) is 0 Å². The van der Waals surface area contributed by atoms with Gasteiger partial charge in [-0.2, -0.15) is 0 Å². The van der Waals surface area contributed by atoms with E-state index in [-0.39, 0.29) is 42.4 Å². The van der Waals surface area contributed by atoms with Crippen molar-refractivity contribution in [1.29, 1.82) is 0 Å². The minimum absolute atomic E-state index is 0.0340. The number of nitrogens with one attached hydrogen (secondary N) is 1. The van der Waals surface area contributed by atoms with Crippen LogP contribution in [0.2, 0.25) is 0 Å². The number of carbonyl (C=O) groups excluding carboxylic acids is 2. The molecule has 3 aromatic rings. The zero-order chi connectivity index (χ0) is 30.3. The second-order valence-corrected chi connectivity index (χ2v) is 11.9. The molecule has 0 unspecified atom stereocenters. The number of hydrogen-bond acceptors (Lipinski definition) is 6. The number of fused-ring (bicyclic) bond motifs is 1. The van der Waals surface area contributed by atoms with Crippen molar-refractivity contribution in [2.45, 2.75) is 45.4 Å². The van der Waals surface area contributed by atoms with Crippen LogP contribution < -0.4 is 10.1 Å². The fourth-order valence-electron chi connectivity index (χ4n) is 5.87. The molecule has 2 amide bonds. The number of aliphatic hydroxyl groups is 1. The lowest BCUT2D eigenvalue weighted by atomic mass is 9.98. The van der Waals surface area contributed by atoms with Crippen molar-refractivity contribution in [1.82, 2.24) is 9.80 Å². The molecule has 0 aromatic heterocycles. The van der Waals surface area contributed by atoms with Crippen LogP contribution in [0.5, 0.6) is 5.75 Å². The predicted octanol–water partition coefficient (Wildman–Crippen LogP) is 5.07. The maximum Gasteiger partial charge on any atom is 0.258 e. The standard InChI is InChI=1S/C35H43N3O5/c1-24-20-38(25(2)23-39)35(41)30-10-7-11-31(36-34(40)29-16-18-42-19-17-29)33(30)43-32(24)22-37(3)21-26-12-14-28(15-13-26)27-8-5-4-6-9-27/h4-15,24-25,29,32,39H,16-23H2,1-3H3,(H,36,40)/t24-,25+,32+/m1/s1. The number of rotatable bonds is 9. The lowest BCUT2D eigenvalue weighted by Crippen LogP contribution is -2.49. The molecule has 1 fully saturated rings. The third-order valence-electron chi connectivity index (χ3n) is 8.55.